The number of likely N-dealkylation sites (tertiary alicyclic amines) is 1. The molecular formula is C17H23BrFNO3. The van der Waals surface area contributed by atoms with E-state index in [2.05, 4.69) is 28.8 Å². The van der Waals surface area contributed by atoms with Gasteiger partial charge < -0.3 is 14.7 Å². The molecule has 23 heavy (non-hydrogen) atoms. The lowest BCUT2D eigenvalue weighted by atomic mass is 10.2. The molecule has 1 aliphatic heterocycles. The average Bonchev–Trinajstić information content (AvgIpc) is 2.90. The van der Waals surface area contributed by atoms with E-state index < -0.39 is 17.9 Å². The maximum Gasteiger partial charge on any atom is 0.410 e. The fourth-order valence-electron chi connectivity index (χ4n) is 1.65. The van der Waals surface area contributed by atoms with E-state index in [-0.39, 0.29) is 6.54 Å². The number of nitrogens with zero attached hydrogens (tertiary/aromatic N) is 1. The molecule has 0 bridgehead atoms. The quantitative estimate of drug-likeness (QED) is 0.672. The second-order valence-corrected chi connectivity index (χ2v) is 6.70. The first kappa shape index (κ1) is 21.3. The average molecular weight is 388 g/mol. The van der Waals surface area contributed by atoms with Gasteiger partial charge in [0.25, 0.3) is 0 Å². The predicted molar refractivity (Wildman–Crippen MR) is 93.0 cm³/mol. The fraction of sp³-hybridized carbons (Fsp3) is 0.471. The van der Waals surface area contributed by atoms with Crippen LogP contribution in [0.3, 0.4) is 0 Å². The van der Waals surface area contributed by atoms with Crippen molar-refractivity contribution in [2.24, 2.45) is 0 Å². The lowest BCUT2D eigenvalue weighted by Gasteiger charge is -2.23. The van der Waals surface area contributed by atoms with Crippen molar-refractivity contribution < 1.29 is 19.0 Å². The second kappa shape index (κ2) is 10.1. The van der Waals surface area contributed by atoms with Crippen LogP contribution in [0, 0.1) is 12.8 Å². The van der Waals surface area contributed by atoms with Crippen molar-refractivity contribution in [3.8, 4) is 18.6 Å². The van der Waals surface area contributed by atoms with E-state index >= 15 is 0 Å². The van der Waals surface area contributed by atoms with E-state index in [4.69, 9.17) is 9.84 Å². The zero-order chi connectivity index (χ0) is 18.0. The first-order chi connectivity index (χ1) is 10.7. The Morgan fingerprint density at radius 1 is 1.35 bits per heavy atom. The number of aromatic hydroxyl groups is 1. The van der Waals surface area contributed by atoms with Gasteiger partial charge in [0, 0.05) is 11.0 Å². The summed E-state index contributed by atoms with van der Waals surface area (Å²) in [6, 6.07) is 6.83. The molecule has 1 aliphatic rings. The van der Waals surface area contributed by atoms with Crippen LogP contribution in [0.2, 0.25) is 0 Å². The molecule has 1 atom stereocenters. The summed E-state index contributed by atoms with van der Waals surface area (Å²) in [5.74, 6) is 0.299. The summed E-state index contributed by atoms with van der Waals surface area (Å²) in [5, 5.41) is 8.74. The number of rotatable bonds is 0. The SMILES string of the molecule is C#C.CC(C)(C)OC(=O)N1CC[C@H](F)C1.Oc1ccc(Br)cc1. The number of carbonyl (C=O) groups excluding carboxylic acids is 1. The summed E-state index contributed by atoms with van der Waals surface area (Å²) in [5.41, 5.74) is -0.495. The van der Waals surface area contributed by atoms with Gasteiger partial charge in [0.1, 0.15) is 17.5 Å². The van der Waals surface area contributed by atoms with Gasteiger partial charge in [-0.2, -0.15) is 0 Å². The molecule has 1 N–H and O–H groups in total. The minimum absolute atomic E-state index is 0.176. The Kier molecular flexibility index (Phi) is 9.35. The summed E-state index contributed by atoms with van der Waals surface area (Å²) in [7, 11) is 0. The smallest absolute Gasteiger partial charge is 0.410 e. The summed E-state index contributed by atoms with van der Waals surface area (Å²) >= 11 is 3.23. The number of alkyl halides is 1. The maximum absolute atomic E-state index is 12.7. The zero-order valence-corrected chi connectivity index (χ0v) is 15.2. The van der Waals surface area contributed by atoms with Crippen molar-refractivity contribution in [2.75, 3.05) is 13.1 Å². The Labute approximate surface area is 145 Å². The Hall–Kier alpha value is -1.74. The molecule has 0 saturated carbocycles. The molecule has 0 spiro atoms. The molecular weight excluding hydrogens is 365 g/mol. The molecule has 1 heterocycles. The van der Waals surface area contributed by atoms with Crippen LogP contribution in [0.15, 0.2) is 28.7 Å². The van der Waals surface area contributed by atoms with Crippen LogP contribution < -0.4 is 0 Å². The first-order valence-corrected chi connectivity index (χ1v) is 7.86. The number of ether oxygens (including phenoxy) is 1. The summed E-state index contributed by atoms with van der Waals surface area (Å²) in [4.78, 5) is 12.8. The molecule has 0 radical (unpaired) electrons. The van der Waals surface area contributed by atoms with Gasteiger partial charge in [0.15, 0.2) is 0 Å². The Morgan fingerprint density at radius 3 is 2.22 bits per heavy atom. The molecule has 1 fully saturated rings. The number of amides is 1. The van der Waals surface area contributed by atoms with Gasteiger partial charge in [0.05, 0.1) is 6.54 Å². The number of halogens is 2. The van der Waals surface area contributed by atoms with Crippen LogP contribution in [0.5, 0.6) is 5.75 Å². The van der Waals surface area contributed by atoms with Gasteiger partial charge in [0.2, 0.25) is 0 Å². The highest BCUT2D eigenvalue weighted by molar-refractivity contribution is 9.10. The lowest BCUT2D eigenvalue weighted by Crippen LogP contribution is -2.35. The lowest BCUT2D eigenvalue weighted by molar-refractivity contribution is 0.0284. The van der Waals surface area contributed by atoms with E-state index in [9.17, 15) is 9.18 Å². The van der Waals surface area contributed by atoms with E-state index in [0.29, 0.717) is 18.7 Å². The Bertz CT molecular complexity index is 476. The summed E-state index contributed by atoms with van der Waals surface area (Å²) in [6.07, 6.45) is 7.14. The number of hydrogen-bond donors (Lipinski definition) is 1. The third kappa shape index (κ3) is 9.80. The molecule has 4 nitrogen and oxygen atoms in total. The van der Waals surface area contributed by atoms with Gasteiger partial charge in [-0.1, -0.05) is 15.9 Å². The fourth-order valence-corrected chi connectivity index (χ4v) is 1.92. The van der Waals surface area contributed by atoms with Crippen LogP contribution in [0.4, 0.5) is 9.18 Å². The molecule has 1 aromatic rings. The monoisotopic (exact) mass is 387 g/mol. The normalized spacial score (nSPS) is 16.5. The molecule has 6 heteroatoms. The molecule has 1 saturated heterocycles. The van der Waals surface area contributed by atoms with Crippen molar-refractivity contribution in [2.45, 2.75) is 39.0 Å². The second-order valence-electron chi connectivity index (χ2n) is 5.79. The molecule has 2 rings (SSSR count). The summed E-state index contributed by atoms with van der Waals surface area (Å²) in [6.45, 7) is 6.04. The van der Waals surface area contributed by atoms with E-state index in [1.54, 1.807) is 45.0 Å². The summed E-state index contributed by atoms with van der Waals surface area (Å²) < 4.78 is 18.8. The van der Waals surface area contributed by atoms with Crippen molar-refractivity contribution in [1.29, 1.82) is 0 Å². The van der Waals surface area contributed by atoms with Crippen molar-refractivity contribution in [3.63, 3.8) is 0 Å². The van der Waals surface area contributed by atoms with Crippen molar-refractivity contribution in [3.05, 3.63) is 28.7 Å². The van der Waals surface area contributed by atoms with Crippen LogP contribution in [-0.4, -0.2) is 41.0 Å². The molecule has 1 aromatic carbocycles. The number of benzene rings is 1. The minimum Gasteiger partial charge on any atom is -0.508 e. The van der Waals surface area contributed by atoms with Crippen LogP contribution in [0.1, 0.15) is 27.2 Å². The standard InChI is InChI=1S/C9H16FNO2.C6H5BrO.C2H2/c1-9(2,3)13-8(12)11-5-4-7(10)6-11;7-5-1-3-6(8)4-2-5;1-2/h7H,4-6H2,1-3H3;1-4,8H;1-2H/t7-;;/m0../s1. The third-order valence-electron chi connectivity index (χ3n) is 2.61. The van der Waals surface area contributed by atoms with Gasteiger partial charge in [-0.15, -0.1) is 12.8 Å². The topological polar surface area (TPSA) is 49.8 Å². The number of phenols is 1. The molecule has 0 aromatic heterocycles. The zero-order valence-electron chi connectivity index (χ0n) is 13.6. The van der Waals surface area contributed by atoms with Crippen molar-refractivity contribution >= 4 is 22.0 Å². The highest BCUT2D eigenvalue weighted by Gasteiger charge is 2.29. The number of carbonyl (C=O) groups is 1. The van der Waals surface area contributed by atoms with E-state index in [1.165, 1.54) is 4.90 Å². The van der Waals surface area contributed by atoms with Crippen molar-refractivity contribution in [1.82, 2.24) is 4.90 Å². The third-order valence-corrected chi connectivity index (χ3v) is 3.14. The van der Waals surface area contributed by atoms with Gasteiger partial charge >= 0.3 is 6.09 Å². The number of terminal acetylenes is 1. The molecule has 0 aliphatic carbocycles. The van der Waals surface area contributed by atoms with Gasteiger partial charge in [-0.25, -0.2) is 9.18 Å². The maximum atomic E-state index is 12.7. The van der Waals surface area contributed by atoms with E-state index in [1.807, 2.05) is 0 Å². The molecule has 1 amide bonds. The Balaban J connectivity index is 0.000000414. The minimum atomic E-state index is -0.882. The predicted octanol–water partition coefficient (Wildman–Crippen LogP) is 4.37. The highest BCUT2D eigenvalue weighted by Crippen LogP contribution is 2.16. The largest absolute Gasteiger partial charge is 0.508 e. The Morgan fingerprint density at radius 2 is 1.87 bits per heavy atom. The number of phenolic OH excluding ortho intramolecular Hbond substituents is 1. The van der Waals surface area contributed by atoms with E-state index in [0.717, 1.165) is 4.47 Å². The van der Waals surface area contributed by atoms with Gasteiger partial charge in [-0.3, -0.25) is 0 Å². The van der Waals surface area contributed by atoms with Crippen LogP contribution >= 0.6 is 15.9 Å². The number of hydrogen-bond acceptors (Lipinski definition) is 3. The van der Waals surface area contributed by atoms with Gasteiger partial charge in [-0.05, 0) is 51.5 Å². The highest BCUT2D eigenvalue weighted by atomic mass is 79.9. The molecule has 0 unspecified atom stereocenters. The first-order valence-electron chi connectivity index (χ1n) is 7.07. The van der Waals surface area contributed by atoms with Crippen LogP contribution in [0.25, 0.3) is 0 Å². The van der Waals surface area contributed by atoms with Crippen LogP contribution in [-0.2, 0) is 4.74 Å². The molecule has 128 valence electrons.